The lowest BCUT2D eigenvalue weighted by Gasteiger charge is -2.22. The Morgan fingerprint density at radius 3 is 2.65 bits per heavy atom. The number of ether oxygens (including phenoxy) is 2. The Bertz CT molecular complexity index is 584. The van der Waals surface area contributed by atoms with E-state index in [-0.39, 0.29) is 5.60 Å². The van der Waals surface area contributed by atoms with Gasteiger partial charge in [-0.25, -0.2) is 4.98 Å². The molecule has 1 aromatic heterocycles. The monoisotopic (exact) mass is 275 g/mol. The molecule has 0 saturated heterocycles. The van der Waals surface area contributed by atoms with Crippen LogP contribution in [0.25, 0.3) is 10.9 Å². The maximum absolute atomic E-state index is 5.83. The first-order valence-electron chi connectivity index (χ1n) is 6.68. The van der Waals surface area contributed by atoms with Gasteiger partial charge in [0.15, 0.2) is 0 Å². The van der Waals surface area contributed by atoms with E-state index in [9.17, 15) is 0 Å². The number of fused-ring (bicyclic) bond motifs is 1. The molecule has 5 nitrogen and oxygen atoms in total. The molecule has 2 aromatic rings. The first-order valence-corrected chi connectivity index (χ1v) is 6.68. The van der Waals surface area contributed by atoms with Crippen LogP contribution in [0.15, 0.2) is 24.3 Å². The van der Waals surface area contributed by atoms with Crippen LogP contribution in [0.2, 0.25) is 0 Å². The molecular weight excluding hydrogens is 254 g/mol. The minimum atomic E-state index is -0.200. The van der Waals surface area contributed by atoms with Crippen LogP contribution in [0.4, 0.5) is 5.95 Å². The molecule has 1 N–H and O–H groups in total. The van der Waals surface area contributed by atoms with Gasteiger partial charge < -0.3 is 14.8 Å². The zero-order chi connectivity index (χ0) is 14.6. The first kappa shape index (κ1) is 14.5. The third kappa shape index (κ3) is 3.36. The fraction of sp³-hybridized carbons (Fsp3) is 0.467. The molecule has 0 spiro atoms. The van der Waals surface area contributed by atoms with E-state index in [0.717, 1.165) is 17.3 Å². The second kappa shape index (κ2) is 6.05. The molecule has 2 rings (SSSR count). The Balaban J connectivity index is 2.20. The summed E-state index contributed by atoms with van der Waals surface area (Å²) in [6.45, 7) is 4.62. The number of hydrogen-bond acceptors (Lipinski definition) is 5. The van der Waals surface area contributed by atoms with E-state index in [1.165, 1.54) is 0 Å². The Kier molecular flexibility index (Phi) is 4.39. The number of para-hydroxylation sites is 1. The van der Waals surface area contributed by atoms with Crippen molar-refractivity contribution >= 4 is 16.9 Å². The highest BCUT2D eigenvalue weighted by Gasteiger charge is 2.17. The Morgan fingerprint density at radius 2 is 1.95 bits per heavy atom. The standard InChI is InChI=1S/C15H21N3O2/c1-15(2,19-4)9-10-20-13-11-7-5-6-8-12(11)17-14(16-3)18-13/h5-8H,9-10H2,1-4H3,(H,16,17,18). The van der Waals surface area contributed by atoms with Crippen LogP contribution in [0, 0.1) is 0 Å². The fourth-order valence-corrected chi connectivity index (χ4v) is 1.76. The third-order valence-electron chi connectivity index (χ3n) is 3.29. The average Bonchev–Trinajstić information content (AvgIpc) is 2.46. The van der Waals surface area contributed by atoms with Gasteiger partial charge in [-0.05, 0) is 26.0 Å². The first-order chi connectivity index (χ1) is 9.55. The lowest BCUT2D eigenvalue weighted by atomic mass is 10.1. The van der Waals surface area contributed by atoms with E-state index >= 15 is 0 Å². The van der Waals surface area contributed by atoms with Crippen molar-refractivity contribution in [2.45, 2.75) is 25.9 Å². The van der Waals surface area contributed by atoms with Gasteiger partial charge in [0, 0.05) is 20.6 Å². The van der Waals surface area contributed by atoms with Gasteiger partial charge in [0.2, 0.25) is 11.8 Å². The molecule has 0 radical (unpaired) electrons. The normalized spacial score (nSPS) is 11.6. The maximum Gasteiger partial charge on any atom is 0.226 e. The van der Waals surface area contributed by atoms with Crippen LogP contribution in [0.1, 0.15) is 20.3 Å². The summed E-state index contributed by atoms with van der Waals surface area (Å²) in [6.07, 6.45) is 0.788. The summed E-state index contributed by atoms with van der Waals surface area (Å²) in [6, 6.07) is 7.82. The number of nitrogens with zero attached hydrogens (tertiary/aromatic N) is 2. The van der Waals surface area contributed by atoms with Crippen molar-refractivity contribution < 1.29 is 9.47 Å². The quantitative estimate of drug-likeness (QED) is 0.878. The summed E-state index contributed by atoms with van der Waals surface area (Å²) < 4.78 is 11.2. The summed E-state index contributed by atoms with van der Waals surface area (Å²) >= 11 is 0. The number of benzene rings is 1. The number of anilines is 1. The van der Waals surface area contributed by atoms with E-state index in [4.69, 9.17) is 9.47 Å². The summed E-state index contributed by atoms with van der Waals surface area (Å²) in [4.78, 5) is 8.78. The molecule has 108 valence electrons. The Labute approximate surface area is 119 Å². The molecule has 0 bridgehead atoms. The molecule has 1 heterocycles. The molecule has 1 aromatic carbocycles. The summed E-state index contributed by atoms with van der Waals surface area (Å²) in [5.74, 6) is 1.16. The van der Waals surface area contributed by atoms with E-state index in [1.54, 1.807) is 14.2 Å². The summed E-state index contributed by atoms with van der Waals surface area (Å²) in [7, 11) is 3.50. The van der Waals surface area contributed by atoms with E-state index in [2.05, 4.69) is 15.3 Å². The molecule has 0 amide bonds. The minimum Gasteiger partial charge on any atom is -0.477 e. The topological polar surface area (TPSA) is 56.3 Å². The predicted octanol–water partition coefficient (Wildman–Crippen LogP) is 2.87. The Hall–Kier alpha value is -1.88. The molecule has 0 saturated carbocycles. The number of aromatic nitrogens is 2. The lowest BCUT2D eigenvalue weighted by Crippen LogP contribution is -2.25. The predicted molar refractivity (Wildman–Crippen MR) is 80.3 cm³/mol. The number of rotatable bonds is 6. The van der Waals surface area contributed by atoms with Gasteiger partial charge in [-0.3, -0.25) is 0 Å². The van der Waals surface area contributed by atoms with Crippen LogP contribution in [0.5, 0.6) is 5.88 Å². The SMILES string of the molecule is CNc1nc(OCCC(C)(C)OC)c2ccccc2n1. The van der Waals surface area contributed by atoms with Crippen molar-refractivity contribution in [3.63, 3.8) is 0 Å². The molecule has 0 unspecified atom stereocenters. The maximum atomic E-state index is 5.83. The van der Waals surface area contributed by atoms with Gasteiger partial charge in [0.05, 0.1) is 23.1 Å². The van der Waals surface area contributed by atoms with Crippen molar-refractivity contribution in [3.05, 3.63) is 24.3 Å². The van der Waals surface area contributed by atoms with Crippen molar-refractivity contribution in [1.82, 2.24) is 9.97 Å². The van der Waals surface area contributed by atoms with Gasteiger partial charge >= 0.3 is 0 Å². The number of methoxy groups -OCH3 is 1. The third-order valence-corrected chi connectivity index (χ3v) is 3.29. The molecule has 0 fully saturated rings. The number of nitrogens with one attached hydrogen (secondary N) is 1. The second-order valence-electron chi connectivity index (χ2n) is 5.18. The molecule has 0 atom stereocenters. The molecule has 0 aliphatic carbocycles. The largest absolute Gasteiger partial charge is 0.477 e. The molecule has 20 heavy (non-hydrogen) atoms. The highest BCUT2D eigenvalue weighted by molar-refractivity contribution is 5.84. The van der Waals surface area contributed by atoms with Gasteiger partial charge in [0.25, 0.3) is 0 Å². The molecule has 0 aliphatic rings. The molecule has 5 heteroatoms. The van der Waals surface area contributed by atoms with Crippen molar-refractivity contribution in [3.8, 4) is 5.88 Å². The van der Waals surface area contributed by atoms with E-state index < -0.39 is 0 Å². The van der Waals surface area contributed by atoms with Crippen molar-refractivity contribution in [1.29, 1.82) is 0 Å². The molecular formula is C15H21N3O2. The zero-order valence-corrected chi connectivity index (χ0v) is 12.4. The van der Waals surface area contributed by atoms with Crippen LogP contribution in [-0.4, -0.2) is 36.3 Å². The van der Waals surface area contributed by atoms with Gasteiger partial charge in [-0.2, -0.15) is 4.98 Å². The van der Waals surface area contributed by atoms with Crippen molar-refractivity contribution in [2.75, 3.05) is 26.1 Å². The molecule has 0 aliphatic heterocycles. The van der Waals surface area contributed by atoms with E-state index in [0.29, 0.717) is 18.4 Å². The fourth-order valence-electron chi connectivity index (χ4n) is 1.76. The smallest absolute Gasteiger partial charge is 0.226 e. The van der Waals surface area contributed by atoms with Gasteiger partial charge in [-0.1, -0.05) is 12.1 Å². The van der Waals surface area contributed by atoms with Crippen molar-refractivity contribution in [2.24, 2.45) is 0 Å². The van der Waals surface area contributed by atoms with Gasteiger partial charge in [0.1, 0.15) is 0 Å². The van der Waals surface area contributed by atoms with Crippen LogP contribution < -0.4 is 10.1 Å². The zero-order valence-electron chi connectivity index (χ0n) is 12.4. The lowest BCUT2D eigenvalue weighted by molar-refractivity contribution is 0.00523. The van der Waals surface area contributed by atoms with E-state index in [1.807, 2.05) is 38.1 Å². The van der Waals surface area contributed by atoms with Crippen LogP contribution >= 0.6 is 0 Å². The highest BCUT2D eigenvalue weighted by Crippen LogP contribution is 2.24. The van der Waals surface area contributed by atoms with Crippen LogP contribution in [0.3, 0.4) is 0 Å². The van der Waals surface area contributed by atoms with Gasteiger partial charge in [-0.15, -0.1) is 0 Å². The minimum absolute atomic E-state index is 0.200. The number of hydrogen-bond donors (Lipinski definition) is 1. The second-order valence-corrected chi connectivity index (χ2v) is 5.18. The Morgan fingerprint density at radius 1 is 1.20 bits per heavy atom. The average molecular weight is 275 g/mol. The van der Waals surface area contributed by atoms with Crippen LogP contribution in [-0.2, 0) is 4.74 Å². The highest BCUT2D eigenvalue weighted by atomic mass is 16.5. The summed E-state index contributed by atoms with van der Waals surface area (Å²) in [5, 5.41) is 3.87. The summed E-state index contributed by atoms with van der Waals surface area (Å²) in [5.41, 5.74) is 0.669.